The normalized spacial score (nSPS) is 14.8. The van der Waals surface area contributed by atoms with Crippen molar-refractivity contribution >= 4 is 23.3 Å². The molecule has 2 heterocycles. The van der Waals surface area contributed by atoms with E-state index in [9.17, 15) is 10.1 Å². The Balaban J connectivity index is 1.63. The van der Waals surface area contributed by atoms with E-state index in [0.717, 1.165) is 11.3 Å². The highest BCUT2D eigenvalue weighted by Crippen LogP contribution is 2.27. The molecule has 31 heavy (non-hydrogen) atoms. The number of ketones is 1. The molecule has 7 nitrogen and oxygen atoms in total. The number of hydrogen-bond donors (Lipinski definition) is 0. The Bertz CT molecular complexity index is 1070. The molecule has 0 spiro atoms. The molecular weight excluding hydrogens is 414 g/mol. The minimum absolute atomic E-state index is 0.185. The second kappa shape index (κ2) is 9.73. The minimum Gasteiger partial charge on any atom is -0.378 e. The van der Waals surface area contributed by atoms with Gasteiger partial charge in [0.05, 0.1) is 25.0 Å². The van der Waals surface area contributed by atoms with Crippen LogP contribution in [0.4, 0.5) is 5.95 Å². The lowest BCUT2D eigenvalue weighted by atomic mass is 9.98. The molecule has 0 aliphatic carbocycles. The van der Waals surface area contributed by atoms with Crippen molar-refractivity contribution in [1.29, 1.82) is 5.26 Å². The lowest BCUT2D eigenvalue weighted by Crippen LogP contribution is -2.38. The van der Waals surface area contributed by atoms with Gasteiger partial charge in [-0.3, -0.25) is 9.36 Å². The fourth-order valence-electron chi connectivity index (χ4n) is 3.60. The Morgan fingerprint density at radius 2 is 1.81 bits per heavy atom. The van der Waals surface area contributed by atoms with E-state index in [1.807, 2.05) is 47.0 Å². The number of aromatic nitrogens is 3. The summed E-state index contributed by atoms with van der Waals surface area (Å²) < 4.78 is 7.27. The molecule has 0 bridgehead atoms. The third-order valence-corrected chi connectivity index (χ3v) is 5.51. The van der Waals surface area contributed by atoms with Crippen molar-refractivity contribution in [3.8, 4) is 11.8 Å². The molecule has 1 fully saturated rings. The molecule has 158 valence electrons. The number of carbonyl (C=O) groups excluding carboxylic acids is 1. The summed E-state index contributed by atoms with van der Waals surface area (Å²) in [6.45, 7) is 2.54. The maximum atomic E-state index is 13.0. The van der Waals surface area contributed by atoms with Crippen LogP contribution in [0.2, 0.25) is 5.02 Å². The number of hydrogen-bond acceptors (Lipinski definition) is 6. The highest BCUT2D eigenvalue weighted by molar-refractivity contribution is 6.30. The minimum atomic E-state index is -1.00. The Labute approximate surface area is 185 Å². The highest BCUT2D eigenvalue weighted by atomic mass is 35.5. The summed E-state index contributed by atoms with van der Waals surface area (Å²) in [5.41, 5.74) is 1.81. The van der Waals surface area contributed by atoms with Gasteiger partial charge in [-0.05, 0) is 36.2 Å². The number of para-hydroxylation sites is 1. The zero-order valence-electron chi connectivity index (χ0n) is 16.9. The largest absolute Gasteiger partial charge is 0.378 e. The first-order valence-corrected chi connectivity index (χ1v) is 10.6. The van der Waals surface area contributed by atoms with Gasteiger partial charge in [-0.1, -0.05) is 41.9 Å². The number of anilines is 1. The van der Waals surface area contributed by atoms with Gasteiger partial charge in [-0.2, -0.15) is 5.26 Å². The van der Waals surface area contributed by atoms with Crippen LogP contribution in [0, 0.1) is 11.3 Å². The number of benzene rings is 2. The van der Waals surface area contributed by atoms with Crippen LogP contribution in [0.15, 0.2) is 54.6 Å². The smallest absolute Gasteiger partial charge is 0.232 e. The summed E-state index contributed by atoms with van der Waals surface area (Å²) in [4.78, 5) is 15.1. The van der Waals surface area contributed by atoms with Crippen LogP contribution in [-0.2, 0) is 16.0 Å². The van der Waals surface area contributed by atoms with Gasteiger partial charge >= 0.3 is 0 Å². The van der Waals surface area contributed by atoms with Gasteiger partial charge in [0.2, 0.25) is 5.95 Å². The second-order valence-corrected chi connectivity index (χ2v) is 7.72. The summed E-state index contributed by atoms with van der Waals surface area (Å²) in [6, 6.07) is 19.1. The van der Waals surface area contributed by atoms with Crippen LogP contribution in [0.1, 0.15) is 23.7 Å². The van der Waals surface area contributed by atoms with E-state index < -0.39 is 5.92 Å². The number of halogens is 1. The van der Waals surface area contributed by atoms with Crippen LogP contribution >= 0.6 is 11.6 Å². The number of ether oxygens (including phenoxy) is 1. The number of nitriles is 1. The molecule has 0 saturated carbocycles. The standard InChI is InChI=1S/C23H22ClN5O2/c24-18-9-6-17(7-10-18)8-11-21(30)20(16-25)22-26-27-23(28-12-14-31-15-13-28)29(22)19-4-2-1-3-5-19/h1-7,9-10,20H,8,11-15H2. The molecule has 1 aliphatic rings. The Hall–Kier alpha value is -3.21. The molecule has 0 amide bonds. The summed E-state index contributed by atoms with van der Waals surface area (Å²) >= 11 is 5.93. The third kappa shape index (κ3) is 4.76. The van der Waals surface area contributed by atoms with E-state index in [1.165, 1.54) is 0 Å². The van der Waals surface area contributed by atoms with E-state index in [1.54, 1.807) is 12.1 Å². The van der Waals surface area contributed by atoms with Gasteiger partial charge in [0.1, 0.15) is 0 Å². The van der Waals surface area contributed by atoms with E-state index in [4.69, 9.17) is 16.3 Å². The average molecular weight is 436 g/mol. The van der Waals surface area contributed by atoms with Crippen LogP contribution in [0.3, 0.4) is 0 Å². The van der Waals surface area contributed by atoms with Gasteiger partial charge < -0.3 is 9.64 Å². The molecule has 8 heteroatoms. The molecule has 1 unspecified atom stereocenters. The third-order valence-electron chi connectivity index (χ3n) is 5.26. The van der Waals surface area contributed by atoms with E-state index in [0.29, 0.717) is 49.5 Å². The fraction of sp³-hybridized carbons (Fsp3) is 0.304. The first-order chi connectivity index (χ1) is 15.2. The van der Waals surface area contributed by atoms with Gasteiger partial charge in [0, 0.05) is 24.5 Å². The van der Waals surface area contributed by atoms with Gasteiger partial charge in [-0.25, -0.2) is 0 Å². The lowest BCUT2D eigenvalue weighted by molar-refractivity contribution is -0.119. The van der Waals surface area contributed by atoms with Crippen molar-refractivity contribution in [3.63, 3.8) is 0 Å². The summed E-state index contributed by atoms with van der Waals surface area (Å²) in [5, 5.41) is 19.2. The van der Waals surface area contributed by atoms with E-state index in [-0.39, 0.29) is 12.2 Å². The summed E-state index contributed by atoms with van der Waals surface area (Å²) in [6.07, 6.45) is 0.762. The van der Waals surface area contributed by atoms with Gasteiger partial charge in [0.25, 0.3) is 0 Å². The Kier molecular flexibility index (Phi) is 6.60. The number of aryl methyl sites for hydroxylation is 1. The van der Waals surface area contributed by atoms with Crippen molar-refractivity contribution in [2.75, 3.05) is 31.2 Å². The maximum Gasteiger partial charge on any atom is 0.232 e. The van der Waals surface area contributed by atoms with Crippen molar-refractivity contribution in [2.24, 2.45) is 0 Å². The molecule has 4 rings (SSSR count). The first kappa shape index (κ1) is 21.0. The molecule has 1 saturated heterocycles. The average Bonchev–Trinajstić information content (AvgIpc) is 3.25. The predicted octanol–water partition coefficient (Wildman–Crippen LogP) is 3.57. The number of Topliss-reactive ketones (excluding diaryl/α,β-unsaturated/α-hetero) is 1. The second-order valence-electron chi connectivity index (χ2n) is 7.28. The van der Waals surface area contributed by atoms with E-state index in [2.05, 4.69) is 21.2 Å². The predicted molar refractivity (Wildman–Crippen MR) is 118 cm³/mol. The molecule has 2 aromatic carbocycles. The van der Waals surface area contributed by atoms with Crippen molar-refractivity contribution < 1.29 is 9.53 Å². The highest BCUT2D eigenvalue weighted by Gasteiger charge is 2.30. The van der Waals surface area contributed by atoms with E-state index >= 15 is 0 Å². The Morgan fingerprint density at radius 3 is 2.48 bits per heavy atom. The summed E-state index contributed by atoms with van der Waals surface area (Å²) in [7, 11) is 0. The summed E-state index contributed by atoms with van der Waals surface area (Å²) in [5.74, 6) is -0.225. The van der Waals surface area contributed by atoms with Crippen molar-refractivity contribution in [1.82, 2.24) is 14.8 Å². The molecule has 0 N–H and O–H groups in total. The maximum absolute atomic E-state index is 13.0. The quantitative estimate of drug-likeness (QED) is 0.564. The zero-order valence-corrected chi connectivity index (χ0v) is 17.7. The number of nitrogens with zero attached hydrogens (tertiary/aromatic N) is 5. The molecule has 3 aromatic rings. The lowest BCUT2D eigenvalue weighted by Gasteiger charge is -2.28. The van der Waals surface area contributed by atoms with Crippen LogP contribution in [-0.4, -0.2) is 46.9 Å². The topological polar surface area (TPSA) is 84.0 Å². The first-order valence-electron chi connectivity index (χ1n) is 10.2. The Morgan fingerprint density at radius 1 is 1.10 bits per heavy atom. The van der Waals surface area contributed by atoms with Crippen LogP contribution in [0.25, 0.3) is 5.69 Å². The van der Waals surface area contributed by atoms with Crippen molar-refractivity contribution in [3.05, 3.63) is 71.0 Å². The van der Waals surface area contributed by atoms with Crippen LogP contribution < -0.4 is 4.90 Å². The van der Waals surface area contributed by atoms with Crippen LogP contribution in [0.5, 0.6) is 0 Å². The number of carbonyl (C=O) groups is 1. The van der Waals surface area contributed by atoms with Gasteiger partial charge in [-0.15, -0.1) is 10.2 Å². The SMILES string of the molecule is N#CC(C(=O)CCc1ccc(Cl)cc1)c1nnc(N2CCOCC2)n1-c1ccccc1. The molecule has 0 radical (unpaired) electrons. The van der Waals surface area contributed by atoms with Crippen molar-refractivity contribution in [2.45, 2.75) is 18.8 Å². The molecule has 1 aromatic heterocycles. The molecule has 1 aliphatic heterocycles. The monoisotopic (exact) mass is 435 g/mol. The molecular formula is C23H22ClN5O2. The zero-order chi connectivity index (χ0) is 21.6. The fourth-order valence-corrected chi connectivity index (χ4v) is 3.73. The van der Waals surface area contributed by atoms with Gasteiger partial charge in [0.15, 0.2) is 17.5 Å². The number of rotatable bonds is 7. The number of morpholine rings is 1. The molecule has 1 atom stereocenters.